The van der Waals surface area contributed by atoms with Crippen molar-refractivity contribution in [2.45, 2.75) is 39.3 Å². The molecular formula is C10H16N2O. The molecule has 0 aliphatic carbocycles. The average Bonchev–Trinajstić information content (AvgIpc) is 2.45. The Bertz CT molecular complexity index is 309. The van der Waals surface area contributed by atoms with Crippen LogP contribution in [0.4, 0.5) is 0 Å². The van der Waals surface area contributed by atoms with Crippen LogP contribution in [0.1, 0.15) is 32.3 Å². The van der Waals surface area contributed by atoms with Crippen LogP contribution in [0.5, 0.6) is 0 Å². The van der Waals surface area contributed by atoms with Gasteiger partial charge in [0.25, 0.3) is 0 Å². The molecule has 1 aliphatic rings. The maximum atomic E-state index is 5.41. The Kier molecular flexibility index (Phi) is 1.91. The molecular weight excluding hydrogens is 164 g/mol. The van der Waals surface area contributed by atoms with E-state index in [1.807, 2.05) is 6.20 Å². The molecule has 72 valence electrons. The molecule has 13 heavy (non-hydrogen) atoms. The van der Waals surface area contributed by atoms with Crippen LogP contribution in [0.15, 0.2) is 6.20 Å². The number of imidazole rings is 1. The molecule has 1 aromatic rings. The summed E-state index contributed by atoms with van der Waals surface area (Å²) in [5, 5.41) is 0. The Balaban J connectivity index is 2.43. The Hall–Kier alpha value is -0.830. The van der Waals surface area contributed by atoms with Gasteiger partial charge in [-0.2, -0.15) is 0 Å². The van der Waals surface area contributed by atoms with Crippen LogP contribution in [0.2, 0.25) is 0 Å². The minimum atomic E-state index is 0.159. The minimum Gasteiger partial charge on any atom is -0.360 e. The lowest BCUT2D eigenvalue weighted by atomic mass is 9.93. The highest BCUT2D eigenvalue weighted by Gasteiger charge is 2.22. The molecule has 0 N–H and O–H groups in total. The van der Waals surface area contributed by atoms with Gasteiger partial charge in [0.1, 0.15) is 12.6 Å². The number of hydrogen-bond donors (Lipinski definition) is 0. The fourth-order valence-corrected chi connectivity index (χ4v) is 1.68. The third kappa shape index (κ3) is 1.48. The van der Waals surface area contributed by atoms with E-state index in [1.54, 1.807) is 0 Å². The van der Waals surface area contributed by atoms with E-state index >= 15 is 0 Å². The predicted octanol–water partition coefficient (Wildman–Crippen LogP) is 1.71. The van der Waals surface area contributed by atoms with Crippen LogP contribution in [-0.2, 0) is 23.3 Å². The molecule has 0 aromatic carbocycles. The van der Waals surface area contributed by atoms with Crippen molar-refractivity contribution < 1.29 is 4.74 Å². The van der Waals surface area contributed by atoms with Gasteiger partial charge >= 0.3 is 0 Å². The smallest absolute Gasteiger partial charge is 0.124 e. The SMILES string of the molecule is CC(C)(C)c1cnc2n1COCC2. The second-order valence-electron chi connectivity index (χ2n) is 4.53. The van der Waals surface area contributed by atoms with Crippen molar-refractivity contribution in [3.8, 4) is 0 Å². The fourth-order valence-electron chi connectivity index (χ4n) is 1.68. The molecule has 0 radical (unpaired) electrons. The van der Waals surface area contributed by atoms with Gasteiger partial charge in [-0.15, -0.1) is 0 Å². The first-order chi connectivity index (χ1) is 6.09. The molecule has 1 aromatic heterocycles. The lowest BCUT2D eigenvalue weighted by Crippen LogP contribution is -2.23. The first kappa shape index (κ1) is 8.75. The van der Waals surface area contributed by atoms with Crippen LogP contribution >= 0.6 is 0 Å². The number of nitrogens with zero attached hydrogens (tertiary/aromatic N) is 2. The molecule has 0 amide bonds. The third-order valence-electron chi connectivity index (χ3n) is 2.40. The van der Waals surface area contributed by atoms with Gasteiger partial charge in [0.15, 0.2) is 0 Å². The van der Waals surface area contributed by atoms with E-state index in [4.69, 9.17) is 4.74 Å². The lowest BCUT2D eigenvalue weighted by molar-refractivity contribution is 0.0521. The zero-order chi connectivity index (χ0) is 9.47. The van der Waals surface area contributed by atoms with E-state index in [-0.39, 0.29) is 5.41 Å². The van der Waals surface area contributed by atoms with E-state index in [2.05, 4.69) is 30.3 Å². The summed E-state index contributed by atoms with van der Waals surface area (Å²) in [7, 11) is 0. The highest BCUT2D eigenvalue weighted by atomic mass is 16.5. The Morgan fingerprint density at radius 1 is 1.46 bits per heavy atom. The van der Waals surface area contributed by atoms with Gasteiger partial charge < -0.3 is 9.30 Å². The highest BCUT2D eigenvalue weighted by molar-refractivity contribution is 5.15. The summed E-state index contributed by atoms with van der Waals surface area (Å²) in [4.78, 5) is 4.41. The van der Waals surface area contributed by atoms with E-state index < -0.39 is 0 Å². The quantitative estimate of drug-likeness (QED) is 0.607. The summed E-state index contributed by atoms with van der Waals surface area (Å²) < 4.78 is 7.60. The van der Waals surface area contributed by atoms with Crippen LogP contribution < -0.4 is 0 Å². The van der Waals surface area contributed by atoms with Gasteiger partial charge in [-0.25, -0.2) is 4.98 Å². The van der Waals surface area contributed by atoms with Crippen LogP contribution in [0.3, 0.4) is 0 Å². The molecule has 0 bridgehead atoms. The number of aromatic nitrogens is 2. The maximum absolute atomic E-state index is 5.41. The molecule has 2 rings (SSSR count). The van der Waals surface area contributed by atoms with Crippen molar-refractivity contribution in [2.24, 2.45) is 0 Å². The van der Waals surface area contributed by atoms with Crippen molar-refractivity contribution in [1.29, 1.82) is 0 Å². The highest BCUT2D eigenvalue weighted by Crippen LogP contribution is 2.24. The summed E-state index contributed by atoms with van der Waals surface area (Å²) in [6, 6.07) is 0. The Morgan fingerprint density at radius 3 is 2.92 bits per heavy atom. The summed E-state index contributed by atoms with van der Waals surface area (Å²) >= 11 is 0. The molecule has 2 heterocycles. The largest absolute Gasteiger partial charge is 0.360 e. The fraction of sp³-hybridized carbons (Fsp3) is 0.700. The van der Waals surface area contributed by atoms with Crippen LogP contribution in [0, 0.1) is 0 Å². The molecule has 3 nitrogen and oxygen atoms in total. The van der Waals surface area contributed by atoms with Gasteiger partial charge in [-0.05, 0) is 0 Å². The molecule has 0 spiro atoms. The minimum absolute atomic E-state index is 0.159. The monoisotopic (exact) mass is 180 g/mol. The van der Waals surface area contributed by atoms with Gasteiger partial charge in [0.05, 0.1) is 6.61 Å². The maximum Gasteiger partial charge on any atom is 0.124 e. The van der Waals surface area contributed by atoms with Gasteiger partial charge in [0.2, 0.25) is 0 Å². The van der Waals surface area contributed by atoms with E-state index in [1.165, 1.54) is 5.69 Å². The number of rotatable bonds is 0. The van der Waals surface area contributed by atoms with Crippen LogP contribution in [0.25, 0.3) is 0 Å². The molecule has 3 heteroatoms. The van der Waals surface area contributed by atoms with E-state index in [0.717, 1.165) is 18.9 Å². The molecule has 0 saturated carbocycles. The van der Waals surface area contributed by atoms with Crippen molar-refractivity contribution in [2.75, 3.05) is 6.61 Å². The molecule has 0 saturated heterocycles. The first-order valence-electron chi connectivity index (χ1n) is 4.71. The summed E-state index contributed by atoms with van der Waals surface area (Å²) in [6.07, 6.45) is 2.92. The van der Waals surface area contributed by atoms with Crippen molar-refractivity contribution in [3.63, 3.8) is 0 Å². The second-order valence-corrected chi connectivity index (χ2v) is 4.53. The van der Waals surface area contributed by atoms with Gasteiger partial charge in [-0.3, -0.25) is 0 Å². The van der Waals surface area contributed by atoms with Crippen molar-refractivity contribution in [3.05, 3.63) is 17.7 Å². The Labute approximate surface area is 78.7 Å². The molecule has 1 aliphatic heterocycles. The summed E-state index contributed by atoms with van der Waals surface area (Å²) in [5.74, 6) is 1.16. The van der Waals surface area contributed by atoms with E-state index in [0.29, 0.717) is 6.73 Å². The lowest BCUT2D eigenvalue weighted by Gasteiger charge is -2.24. The Morgan fingerprint density at radius 2 is 2.23 bits per heavy atom. The van der Waals surface area contributed by atoms with Crippen molar-refractivity contribution in [1.82, 2.24) is 9.55 Å². The van der Waals surface area contributed by atoms with Gasteiger partial charge in [-0.1, -0.05) is 20.8 Å². The molecule has 0 fully saturated rings. The topological polar surface area (TPSA) is 27.1 Å². The normalized spacial score (nSPS) is 17.2. The van der Waals surface area contributed by atoms with Crippen molar-refractivity contribution >= 4 is 0 Å². The molecule has 0 unspecified atom stereocenters. The summed E-state index contributed by atoms with van der Waals surface area (Å²) in [6.45, 7) is 8.08. The van der Waals surface area contributed by atoms with E-state index in [9.17, 15) is 0 Å². The van der Waals surface area contributed by atoms with Crippen LogP contribution in [-0.4, -0.2) is 16.2 Å². The standard InChI is InChI=1S/C10H16N2O/c1-10(2,3)8-6-11-9-4-5-13-7-12(8)9/h6H,4-5,7H2,1-3H3. The second kappa shape index (κ2) is 2.84. The number of ether oxygens (including phenoxy) is 1. The molecule has 0 atom stereocenters. The zero-order valence-corrected chi connectivity index (χ0v) is 8.50. The third-order valence-corrected chi connectivity index (χ3v) is 2.40. The summed E-state index contributed by atoms with van der Waals surface area (Å²) in [5.41, 5.74) is 1.42. The first-order valence-corrected chi connectivity index (χ1v) is 4.71. The number of fused-ring (bicyclic) bond motifs is 1. The predicted molar refractivity (Wildman–Crippen MR) is 50.6 cm³/mol. The number of hydrogen-bond acceptors (Lipinski definition) is 2. The average molecular weight is 180 g/mol. The zero-order valence-electron chi connectivity index (χ0n) is 8.50. The van der Waals surface area contributed by atoms with Gasteiger partial charge in [0, 0.05) is 23.7 Å².